The van der Waals surface area contributed by atoms with Crippen LogP contribution in [0.15, 0.2) is 36.4 Å². The number of hydrogen-bond acceptors (Lipinski definition) is 7. The summed E-state index contributed by atoms with van der Waals surface area (Å²) in [6, 6.07) is 6.28. The molecule has 0 radical (unpaired) electrons. The van der Waals surface area contributed by atoms with Crippen molar-refractivity contribution in [1.29, 1.82) is 0 Å². The Kier molecular flexibility index (Phi) is 4.28. The number of fused-ring (bicyclic) bond motifs is 5. The van der Waals surface area contributed by atoms with Crippen LogP contribution in [-0.4, -0.2) is 41.7 Å². The molecule has 4 rings (SSSR count). The Morgan fingerprint density at radius 3 is 2.29 bits per heavy atom. The van der Waals surface area contributed by atoms with Crippen LogP contribution in [0.1, 0.15) is 13.8 Å². The van der Waals surface area contributed by atoms with Crippen LogP contribution in [0, 0.1) is 11.8 Å². The maximum absolute atomic E-state index is 13.2. The first-order chi connectivity index (χ1) is 13.2. The zero-order chi connectivity index (χ0) is 20.2. The maximum Gasteiger partial charge on any atom is 0.305 e. The summed E-state index contributed by atoms with van der Waals surface area (Å²) in [5.74, 6) is -4.17. The van der Waals surface area contributed by atoms with Gasteiger partial charge in [0.15, 0.2) is 5.60 Å². The molecule has 3 heterocycles. The van der Waals surface area contributed by atoms with Crippen LogP contribution in [0.4, 0.5) is 5.69 Å². The van der Waals surface area contributed by atoms with Gasteiger partial charge in [0, 0.05) is 18.9 Å². The second kappa shape index (κ2) is 6.42. The average molecular weight is 406 g/mol. The van der Waals surface area contributed by atoms with Crippen LogP contribution in [0.3, 0.4) is 0 Å². The highest BCUT2D eigenvalue weighted by Gasteiger charge is 2.72. The number of amides is 2. The number of rotatable bonds is 4. The minimum atomic E-state index is -1.55. The van der Waals surface area contributed by atoms with Gasteiger partial charge >= 0.3 is 11.9 Å². The molecule has 4 atom stereocenters. The molecule has 3 aliphatic heterocycles. The van der Waals surface area contributed by atoms with Crippen molar-refractivity contribution >= 4 is 41.0 Å². The van der Waals surface area contributed by atoms with Gasteiger partial charge < -0.3 is 14.2 Å². The minimum Gasteiger partial charge on any atom is -0.422 e. The fourth-order valence-electron chi connectivity index (χ4n) is 4.06. The topological polar surface area (TPSA) is 99.2 Å². The molecule has 9 heteroatoms. The van der Waals surface area contributed by atoms with Crippen molar-refractivity contribution in [2.24, 2.45) is 11.8 Å². The molecule has 28 heavy (non-hydrogen) atoms. The van der Waals surface area contributed by atoms with E-state index in [1.807, 2.05) is 0 Å². The van der Waals surface area contributed by atoms with Gasteiger partial charge in [-0.2, -0.15) is 0 Å². The minimum absolute atomic E-state index is 0.375. The van der Waals surface area contributed by atoms with Crippen molar-refractivity contribution in [3.63, 3.8) is 0 Å². The summed E-state index contributed by atoms with van der Waals surface area (Å²) in [6.07, 6.45) is 0.983. The van der Waals surface area contributed by atoms with E-state index in [0.717, 1.165) is 18.7 Å². The molecule has 2 saturated heterocycles. The number of carbonyl (C=O) groups excluding carboxylic acids is 4. The Morgan fingerprint density at radius 1 is 1.11 bits per heavy atom. The first-order valence-electron chi connectivity index (χ1n) is 8.59. The summed E-state index contributed by atoms with van der Waals surface area (Å²) in [7, 11) is 0. The molecule has 1 aromatic rings. The highest BCUT2D eigenvalue weighted by Crippen LogP contribution is 2.54. The predicted octanol–water partition coefficient (Wildman–Crippen LogP) is 1.61. The van der Waals surface area contributed by atoms with E-state index in [1.165, 1.54) is 6.08 Å². The third-order valence-electron chi connectivity index (χ3n) is 5.08. The summed E-state index contributed by atoms with van der Waals surface area (Å²) >= 11 is 5.89. The molecule has 2 amide bonds. The lowest BCUT2D eigenvalue weighted by atomic mass is 9.76. The third-order valence-corrected chi connectivity index (χ3v) is 5.33. The standard InChI is InChI=1S/C19H16ClNO7/c1-9(22)26-18(27-10(2)23)19-8-7-13(28-19)14-15(19)17(25)21(16(14)24)12-5-3-11(20)4-6-12/h3-8,13-15,18H,1-2H3/t13-,14+,15+,19+/m1/s1. The molecule has 0 N–H and O–H groups in total. The molecule has 0 aliphatic carbocycles. The van der Waals surface area contributed by atoms with Crippen molar-refractivity contribution in [2.45, 2.75) is 31.8 Å². The van der Waals surface area contributed by atoms with Crippen molar-refractivity contribution in [2.75, 3.05) is 4.90 Å². The lowest BCUT2D eigenvalue weighted by Gasteiger charge is -2.34. The van der Waals surface area contributed by atoms with Crippen molar-refractivity contribution in [1.82, 2.24) is 0 Å². The number of esters is 2. The number of imide groups is 1. The Labute approximate surface area is 165 Å². The quantitative estimate of drug-likeness (QED) is 0.324. The van der Waals surface area contributed by atoms with Crippen LogP contribution in [0.5, 0.6) is 0 Å². The number of anilines is 1. The van der Waals surface area contributed by atoms with E-state index in [4.69, 9.17) is 25.8 Å². The van der Waals surface area contributed by atoms with E-state index in [-0.39, 0.29) is 0 Å². The molecule has 8 nitrogen and oxygen atoms in total. The van der Waals surface area contributed by atoms with Crippen LogP contribution >= 0.6 is 11.6 Å². The smallest absolute Gasteiger partial charge is 0.305 e. The van der Waals surface area contributed by atoms with Gasteiger partial charge in [-0.3, -0.25) is 19.2 Å². The summed E-state index contributed by atoms with van der Waals surface area (Å²) in [6.45, 7) is 2.30. The first-order valence-corrected chi connectivity index (χ1v) is 8.97. The SMILES string of the molecule is CC(=O)OC(OC(C)=O)[C@@]12C=C[C@@H](O1)[C@@H]1C(=O)N(c3ccc(Cl)cc3)C(=O)[C@H]12. The molecule has 0 spiro atoms. The van der Waals surface area contributed by atoms with E-state index in [2.05, 4.69) is 0 Å². The molecule has 146 valence electrons. The van der Waals surface area contributed by atoms with Crippen molar-refractivity contribution in [3.05, 3.63) is 41.4 Å². The Morgan fingerprint density at radius 2 is 1.71 bits per heavy atom. The Balaban J connectivity index is 1.74. The molecular weight excluding hydrogens is 390 g/mol. The number of benzene rings is 1. The molecule has 2 bridgehead atoms. The molecule has 2 fully saturated rings. The molecular formula is C19H16ClNO7. The lowest BCUT2D eigenvalue weighted by Crippen LogP contribution is -2.52. The zero-order valence-electron chi connectivity index (χ0n) is 15.0. The van der Waals surface area contributed by atoms with Crippen LogP contribution in [-0.2, 0) is 33.4 Å². The van der Waals surface area contributed by atoms with Gasteiger partial charge in [-0.1, -0.05) is 17.7 Å². The van der Waals surface area contributed by atoms with Gasteiger partial charge in [-0.05, 0) is 30.3 Å². The van der Waals surface area contributed by atoms with E-state index >= 15 is 0 Å². The number of nitrogens with zero attached hydrogens (tertiary/aromatic N) is 1. The summed E-state index contributed by atoms with van der Waals surface area (Å²) in [4.78, 5) is 50.4. The normalized spacial score (nSPS) is 30.1. The highest BCUT2D eigenvalue weighted by molar-refractivity contribution is 6.31. The van der Waals surface area contributed by atoms with Gasteiger partial charge in [0.2, 0.25) is 11.8 Å². The monoisotopic (exact) mass is 405 g/mol. The number of hydrogen-bond donors (Lipinski definition) is 0. The maximum atomic E-state index is 13.2. The van der Waals surface area contributed by atoms with Gasteiger partial charge in [0.25, 0.3) is 6.29 Å². The van der Waals surface area contributed by atoms with E-state index < -0.39 is 53.6 Å². The second-order valence-electron chi connectivity index (χ2n) is 6.84. The van der Waals surface area contributed by atoms with Crippen LogP contribution < -0.4 is 4.90 Å². The zero-order valence-corrected chi connectivity index (χ0v) is 15.7. The van der Waals surface area contributed by atoms with Crippen LogP contribution in [0.25, 0.3) is 0 Å². The average Bonchev–Trinajstić information content (AvgIpc) is 3.26. The Hall–Kier alpha value is -2.71. The predicted molar refractivity (Wildman–Crippen MR) is 95.0 cm³/mol. The highest BCUT2D eigenvalue weighted by atomic mass is 35.5. The summed E-state index contributed by atoms with van der Waals surface area (Å²) < 4.78 is 16.2. The molecule has 3 aliphatic rings. The number of carbonyl (C=O) groups is 4. The first kappa shape index (κ1) is 18.6. The Bertz CT molecular complexity index is 895. The molecule has 0 saturated carbocycles. The summed E-state index contributed by atoms with van der Waals surface area (Å²) in [5.41, 5.74) is -1.18. The van der Waals surface area contributed by atoms with Crippen LogP contribution in [0.2, 0.25) is 5.02 Å². The number of ether oxygens (including phenoxy) is 3. The fraction of sp³-hybridized carbons (Fsp3) is 0.368. The van der Waals surface area contributed by atoms with Crippen molar-refractivity contribution in [3.8, 4) is 0 Å². The van der Waals surface area contributed by atoms with Gasteiger partial charge in [0.1, 0.15) is 0 Å². The van der Waals surface area contributed by atoms with E-state index in [0.29, 0.717) is 10.7 Å². The van der Waals surface area contributed by atoms with Gasteiger partial charge in [0.05, 0.1) is 23.6 Å². The lowest BCUT2D eigenvalue weighted by molar-refractivity contribution is -0.226. The van der Waals surface area contributed by atoms with E-state index in [9.17, 15) is 19.2 Å². The van der Waals surface area contributed by atoms with Crippen molar-refractivity contribution < 1.29 is 33.4 Å². The summed E-state index contributed by atoms with van der Waals surface area (Å²) in [5, 5.41) is 0.467. The number of halogens is 1. The molecule has 0 aromatic heterocycles. The third kappa shape index (κ3) is 2.63. The second-order valence-corrected chi connectivity index (χ2v) is 7.27. The largest absolute Gasteiger partial charge is 0.422 e. The fourth-order valence-corrected chi connectivity index (χ4v) is 4.19. The van der Waals surface area contributed by atoms with Gasteiger partial charge in [-0.25, -0.2) is 4.90 Å². The van der Waals surface area contributed by atoms with Gasteiger partial charge in [-0.15, -0.1) is 0 Å². The molecule has 1 aromatic carbocycles. The van der Waals surface area contributed by atoms with E-state index in [1.54, 1.807) is 30.3 Å². The molecule has 0 unspecified atom stereocenters.